The lowest BCUT2D eigenvalue weighted by molar-refractivity contribution is -0.0250. The Labute approximate surface area is 108 Å². The zero-order valence-electron chi connectivity index (χ0n) is 9.90. The van der Waals surface area contributed by atoms with Gasteiger partial charge < -0.3 is 4.74 Å². The summed E-state index contributed by atoms with van der Waals surface area (Å²) < 4.78 is 5.99. The SMILES string of the molecule is CCO[C@]12CCCCCC(=C1Cl)C[C@@H](Cl)C2. The highest BCUT2D eigenvalue weighted by Gasteiger charge is 2.42. The van der Waals surface area contributed by atoms with E-state index in [1.165, 1.54) is 24.8 Å². The topological polar surface area (TPSA) is 9.23 Å². The molecule has 2 rings (SSSR count). The minimum atomic E-state index is -0.253. The van der Waals surface area contributed by atoms with Crippen molar-refractivity contribution in [1.29, 1.82) is 0 Å². The van der Waals surface area contributed by atoms with Crippen LogP contribution in [0.25, 0.3) is 0 Å². The minimum Gasteiger partial charge on any atom is -0.370 e. The van der Waals surface area contributed by atoms with Crippen LogP contribution in [0.1, 0.15) is 51.9 Å². The average Bonchev–Trinajstić information content (AvgIpc) is 2.24. The summed E-state index contributed by atoms with van der Waals surface area (Å²) >= 11 is 12.9. The number of ether oxygens (including phenoxy) is 1. The van der Waals surface area contributed by atoms with E-state index in [2.05, 4.69) is 0 Å². The van der Waals surface area contributed by atoms with Crippen LogP contribution in [0, 0.1) is 0 Å². The zero-order chi connectivity index (χ0) is 11.6. The van der Waals surface area contributed by atoms with Crippen molar-refractivity contribution in [3.63, 3.8) is 0 Å². The van der Waals surface area contributed by atoms with Crippen LogP contribution in [0.2, 0.25) is 0 Å². The van der Waals surface area contributed by atoms with Gasteiger partial charge in [-0.15, -0.1) is 11.6 Å². The molecule has 2 aliphatic rings. The molecule has 0 spiro atoms. The molecular formula is C13H20Cl2O. The highest BCUT2D eigenvalue weighted by atomic mass is 35.5. The van der Waals surface area contributed by atoms with E-state index in [9.17, 15) is 0 Å². The first-order chi connectivity index (χ1) is 7.68. The Balaban J connectivity index is 2.33. The molecule has 0 N–H and O–H groups in total. The average molecular weight is 263 g/mol. The van der Waals surface area contributed by atoms with Crippen LogP contribution in [0.3, 0.4) is 0 Å². The van der Waals surface area contributed by atoms with Crippen molar-refractivity contribution in [1.82, 2.24) is 0 Å². The normalized spacial score (nSPS) is 35.8. The number of alkyl halides is 1. The monoisotopic (exact) mass is 262 g/mol. The second-order valence-electron chi connectivity index (χ2n) is 4.91. The third-order valence-electron chi connectivity index (χ3n) is 3.71. The predicted molar refractivity (Wildman–Crippen MR) is 69.2 cm³/mol. The third kappa shape index (κ3) is 2.42. The van der Waals surface area contributed by atoms with Crippen LogP contribution in [-0.4, -0.2) is 17.6 Å². The molecule has 0 amide bonds. The zero-order valence-corrected chi connectivity index (χ0v) is 11.4. The van der Waals surface area contributed by atoms with E-state index < -0.39 is 0 Å². The van der Waals surface area contributed by atoms with E-state index in [4.69, 9.17) is 27.9 Å². The molecule has 16 heavy (non-hydrogen) atoms. The van der Waals surface area contributed by atoms with E-state index in [0.29, 0.717) is 6.61 Å². The molecule has 0 fully saturated rings. The Kier molecular flexibility index (Phi) is 4.21. The Morgan fingerprint density at radius 1 is 1.38 bits per heavy atom. The van der Waals surface area contributed by atoms with E-state index in [0.717, 1.165) is 30.7 Å². The molecular weight excluding hydrogens is 243 g/mol. The molecule has 0 radical (unpaired) electrons. The largest absolute Gasteiger partial charge is 0.370 e. The molecule has 0 saturated heterocycles. The third-order valence-corrected chi connectivity index (χ3v) is 4.63. The molecule has 0 aromatic heterocycles. The van der Waals surface area contributed by atoms with Gasteiger partial charge in [0.25, 0.3) is 0 Å². The molecule has 92 valence electrons. The summed E-state index contributed by atoms with van der Waals surface area (Å²) in [5.74, 6) is 0. The quantitative estimate of drug-likeness (QED) is 0.660. The first kappa shape index (κ1) is 12.7. The lowest BCUT2D eigenvalue weighted by Crippen LogP contribution is -2.40. The fourth-order valence-corrected chi connectivity index (χ4v) is 3.85. The Bertz CT molecular complexity index is 288. The van der Waals surface area contributed by atoms with Crippen molar-refractivity contribution in [2.45, 2.75) is 62.8 Å². The van der Waals surface area contributed by atoms with Crippen LogP contribution in [0.5, 0.6) is 0 Å². The molecule has 2 atom stereocenters. The molecule has 0 aromatic carbocycles. The van der Waals surface area contributed by atoms with Gasteiger partial charge in [-0.25, -0.2) is 0 Å². The lowest BCUT2D eigenvalue weighted by atomic mass is 9.78. The van der Waals surface area contributed by atoms with Gasteiger partial charge >= 0.3 is 0 Å². The van der Waals surface area contributed by atoms with E-state index in [-0.39, 0.29) is 11.0 Å². The summed E-state index contributed by atoms with van der Waals surface area (Å²) in [4.78, 5) is 0. The van der Waals surface area contributed by atoms with Crippen LogP contribution in [0.4, 0.5) is 0 Å². The summed E-state index contributed by atoms with van der Waals surface area (Å²) in [5, 5.41) is 1.17. The molecule has 0 saturated carbocycles. The van der Waals surface area contributed by atoms with Gasteiger partial charge in [0.05, 0.1) is 0 Å². The van der Waals surface area contributed by atoms with Gasteiger partial charge in [0.2, 0.25) is 0 Å². The van der Waals surface area contributed by atoms with E-state index >= 15 is 0 Å². The molecule has 0 unspecified atom stereocenters. The van der Waals surface area contributed by atoms with Crippen LogP contribution < -0.4 is 0 Å². The van der Waals surface area contributed by atoms with E-state index in [1.54, 1.807) is 0 Å². The Morgan fingerprint density at radius 3 is 2.94 bits per heavy atom. The van der Waals surface area contributed by atoms with Gasteiger partial charge in [0.15, 0.2) is 0 Å². The van der Waals surface area contributed by atoms with Crippen molar-refractivity contribution < 1.29 is 4.74 Å². The lowest BCUT2D eigenvalue weighted by Gasteiger charge is -2.41. The summed E-state index contributed by atoms with van der Waals surface area (Å²) in [5.41, 5.74) is 1.09. The Morgan fingerprint density at radius 2 is 2.19 bits per heavy atom. The minimum absolute atomic E-state index is 0.196. The molecule has 0 aromatic rings. The molecule has 0 heterocycles. The van der Waals surface area contributed by atoms with Crippen molar-refractivity contribution >= 4 is 23.2 Å². The van der Waals surface area contributed by atoms with Gasteiger partial charge in [-0.2, -0.15) is 0 Å². The summed E-state index contributed by atoms with van der Waals surface area (Å²) in [6.07, 6.45) is 7.71. The fourth-order valence-electron chi connectivity index (χ4n) is 3.02. The second kappa shape index (κ2) is 5.29. The Hall–Kier alpha value is 0.280. The molecule has 3 heteroatoms. The predicted octanol–water partition coefficient (Wildman–Crippen LogP) is 4.62. The van der Waals surface area contributed by atoms with Gasteiger partial charge in [-0.1, -0.05) is 30.0 Å². The van der Waals surface area contributed by atoms with Crippen LogP contribution >= 0.6 is 23.2 Å². The van der Waals surface area contributed by atoms with Crippen LogP contribution in [0.15, 0.2) is 10.6 Å². The maximum absolute atomic E-state index is 6.56. The number of rotatable bonds is 2. The highest BCUT2D eigenvalue weighted by Crippen LogP contribution is 2.46. The summed E-state index contributed by atoms with van der Waals surface area (Å²) in [7, 11) is 0. The first-order valence-electron chi connectivity index (χ1n) is 6.34. The first-order valence-corrected chi connectivity index (χ1v) is 7.15. The number of halogens is 2. The van der Waals surface area contributed by atoms with Crippen molar-refractivity contribution in [2.75, 3.05) is 6.61 Å². The molecule has 1 nitrogen and oxygen atoms in total. The van der Waals surface area contributed by atoms with E-state index in [1.807, 2.05) is 6.92 Å². The standard InChI is InChI=1S/C13H20Cl2O/c1-2-16-13-7-5-3-4-6-10(12(13)15)8-11(14)9-13/h11H,2-9H2,1H3/t11-,13+/m1/s1. The summed E-state index contributed by atoms with van der Waals surface area (Å²) in [6, 6.07) is 0. The molecule has 0 aliphatic heterocycles. The number of hydrogen-bond acceptors (Lipinski definition) is 1. The summed E-state index contributed by atoms with van der Waals surface area (Å²) in [6.45, 7) is 2.75. The number of fused-ring (bicyclic) bond motifs is 1. The fraction of sp³-hybridized carbons (Fsp3) is 0.846. The maximum atomic E-state index is 6.56. The molecule has 2 aliphatic carbocycles. The van der Waals surface area contributed by atoms with Crippen molar-refractivity contribution in [3.05, 3.63) is 10.6 Å². The number of allylic oxidation sites excluding steroid dienone is 1. The smallest absolute Gasteiger partial charge is 0.105 e. The maximum Gasteiger partial charge on any atom is 0.105 e. The van der Waals surface area contributed by atoms with Crippen LogP contribution in [-0.2, 0) is 4.74 Å². The van der Waals surface area contributed by atoms with Gasteiger partial charge in [-0.05, 0) is 39.0 Å². The molecule has 2 bridgehead atoms. The highest BCUT2D eigenvalue weighted by molar-refractivity contribution is 6.31. The van der Waals surface area contributed by atoms with Gasteiger partial charge in [0.1, 0.15) is 5.60 Å². The number of hydrogen-bond donors (Lipinski definition) is 0. The van der Waals surface area contributed by atoms with Crippen molar-refractivity contribution in [2.24, 2.45) is 0 Å². The van der Waals surface area contributed by atoms with Crippen molar-refractivity contribution in [3.8, 4) is 0 Å². The van der Waals surface area contributed by atoms with Gasteiger partial charge in [-0.3, -0.25) is 0 Å². The second-order valence-corrected chi connectivity index (χ2v) is 5.91. The van der Waals surface area contributed by atoms with Gasteiger partial charge in [0, 0.05) is 17.0 Å².